The maximum atomic E-state index is 6.18. The molecule has 0 heterocycles. The van der Waals surface area contributed by atoms with Gasteiger partial charge in [-0.15, -0.1) is 0 Å². The molecular formula is C30H49BNP. The van der Waals surface area contributed by atoms with Gasteiger partial charge in [-0.05, 0) is 75.0 Å². The lowest BCUT2D eigenvalue weighted by atomic mass is 9.48. The summed E-state index contributed by atoms with van der Waals surface area (Å²) in [6, 6.07) is 9.37. The summed E-state index contributed by atoms with van der Waals surface area (Å²) in [5, 5.41) is 0.252. The first-order chi connectivity index (χ1) is 14.7. The van der Waals surface area contributed by atoms with E-state index in [-0.39, 0.29) is 22.3 Å². The summed E-state index contributed by atoms with van der Waals surface area (Å²) in [7, 11) is -1.91. The van der Waals surface area contributed by atoms with Crippen LogP contribution in [0.1, 0.15) is 95.7 Å². The van der Waals surface area contributed by atoms with Crippen molar-refractivity contribution in [2.75, 3.05) is 0 Å². The molecule has 3 heteroatoms. The fourth-order valence-electron chi connectivity index (χ4n) is 7.22. The van der Waals surface area contributed by atoms with E-state index >= 15 is 0 Å². The molecule has 0 atom stereocenters. The second-order valence-corrected chi connectivity index (χ2v) is 18.8. The molecule has 1 nitrogen and oxygen atoms in total. The SMILES string of the molecule is Cc1cc(C)c(B(N=P(C(C)(C)C)(C(C)(C)C)C(C)(C)C)c2c(C)cc(C)cc2C)c(C)c1. The minimum atomic E-state index is -1.91. The van der Waals surface area contributed by atoms with Gasteiger partial charge in [-0.3, -0.25) is 0 Å². The summed E-state index contributed by atoms with van der Waals surface area (Å²) in [6.45, 7) is 35.5. The predicted molar refractivity (Wildman–Crippen MR) is 155 cm³/mol. The average Bonchev–Trinajstić information content (AvgIpc) is 2.53. The van der Waals surface area contributed by atoms with E-state index in [1.165, 1.54) is 44.3 Å². The Morgan fingerprint density at radius 2 is 0.758 bits per heavy atom. The molecule has 0 fully saturated rings. The zero-order chi connectivity index (χ0) is 25.7. The Hall–Kier alpha value is -1.27. The molecule has 182 valence electrons. The van der Waals surface area contributed by atoms with E-state index < -0.39 is 7.05 Å². The third-order valence-corrected chi connectivity index (χ3v) is 13.6. The van der Waals surface area contributed by atoms with Gasteiger partial charge in [0.15, 0.2) is 0 Å². The number of rotatable bonds is 3. The Kier molecular flexibility index (Phi) is 7.69. The molecular weight excluding hydrogens is 416 g/mol. The summed E-state index contributed by atoms with van der Waals surface area (Å²) in [4.78, 5) is 0. The Morgan fingerprint density at radius 3 is 0.970 bits per heavy atom. The second-order valence-electron chi connectivity index (χ2n) is 13.3. The Morgan fingerprint density at radius 1 is 0.515 bits per heavy atom. The van der Waals surface area contributed by atoms with Crippen molar-refractivity contribution >= 4 is 24.8 Å². The van der Waals surface area contributed by atoms with E-state index in [4.69, 9.17) is 4.66 Å². The van der Waals surface area contributed by atoms with Crippen molar-refractivity contribution in [3.8, 4) is 0 Å². The highest BCUT2D eigenvalue weighted by atomic mass is 31.2. The van der Waals surface area contributed by atoms with Gasteiger partial charge in [-0.2, -0.15) is 0 Å². The maximum Gasteiger partial charge on any atom is 0.343 e. The van der Waals surface area contributed by atoms with E-state index in [0.717, 1.165) is 0 Å². The van der Waals surface area contributed by atoms with Crippen molar-refractivity contribution in [1.82, 2.24) is 0 Å². The highest BCUT2D eigenvalue weighted by Crippen LogP contribution is 2.76. The van der Waals surface area contributed by atoms with Crippen molar-refractivity contribution in [3.05, 3.63) is 57.6 Å². The highest BCUT2D eigenvalue weighted by molar-refractivity contribution is 7.71. The minimum Gasteiger partial charge on any atom is -0.343 e. The monoisotopic (exact) mass is 465 g/mol. The smallest absolute Gasteiger partial charge is 0.343 e. The molecule has 0 N–H and O–H groups in total. The summed E-state index contributed by atoms with van der Waals surface area (Å²) in [5.74, 6) is 0. The maximum absolute atomic E-state index is 6.18. The molecule has 0 aliphatic heterocycles. The van der Waals surface area contributed by atoms with Crippen LogP contribution in [0, 0.1) is 41.5 Å². The summed E-state index contributed by atoms with van der Waals surface area (Å²) in [6.07, 6.45) is 0. The summed E-state index contributed by atoms with van der Waals surface area (Å²) in [5.41, 5.74) is 10.9. The van der Waals surface area contributed by atoms with Crippen LogP contribution in [-0.2, 0) is 0 Å². The van der Waals surface area contributed by atoms with E-state index in [1.807, 2.05) is 0 Å². The Labute approximate surface area is 206 Å². The lowest BCUT2D eigenvalue weighted by Gasteiger charge is -2.55. The number of benzene rings is 2. The fourth-order valence-corrected chi connectivity index (χ4v) is 14.9. The van der Waals surface area contributed by atoms with Crippen LogP contribution in [0.25, 0.3) is 0 Å². The minimum absolute atomic E-state index is 0.0391. The fraction of sp³-hybridized carbons (Fsp3) is 0.600. The first-order valence-electron chi connectivity index (χ1n) is 12.5. The van der Waals surface area contributed by atoms with Crippen molar-refractivity contribution in [3.63, 3.8) is 0 Å². The number of hydrogen-bond acceptors (Lipinski definition) is 1. The molecule has 0 bridgehead atoms. The Bertz CT molecular complexity index is 941. The first kappa shape index (κ1) is 28.0. The van der Waals surface area contributed by atoms with Crippen molar-refractivity contribution in [1.29, 1.82) is 0 Å². The lowest BCUT2D eigenvalue weighted by Crippen LogP contribution is -2.49. The third-order valence-electron chi connectivity index (χ3n) is 7.22. The largest absolute Gasteiger partial charge is 0.343 e. The van der Waals surface area contributed by atoms with Crippen molar-refractivity contribution in [2.45, 2.75) is 119 Å². The number of nitrogens with zero attached hydrogens (tertiary/aromatic N) is 1. The van der Waals surface area contributed by atoms with Gasteiger partial charge in [0.25, 0.3) is 0 Å². The van der Waals surface area contributed by atoms with Crippen LogP contribution in [-0.4, -0.2) is 22.3 Å². The van der Waals surface area contributed by atoms with Gasteiger partial charge in [0.05, 0.1) is 0 Å². The van der Waals surface area contributed by atoms with Gasteiger partial charge in [-0.25, -0.2) is 0 Å². The third kappa shape index (κ3) is 5.07. The normalized spacial score (nSPS) is 13.3. The highest BCUT2D eigenvalue weighted by Gasteiger charge is 2.51. The zero-order valence-corrected chi connectivity index (χ0v) is 25.2. The van der Waals surface area contributed by atoms with Crippen LogP contribution >= 0.6 is 7.05 Å². The van der Waals surface area contributed by atoms with Crippen LogP contribution in [0.4, 0.5) is 0 Å². The van der Waals surface area contributed by atoms with Gasteiger partial charge < -0.3 is 4.66 Å². The van der Waals surface area contributed by atoms with Gasteiger partial charge in [0, 0.05) is 0 Å². The molecule has 0 radical (unpaired) electrons. The van der Waals surface area contributed by atoms with Crippen LogP contribution < -0.4 is 10.9 Å². The quantitative estimate of drug-likeness (QED) is 0.320. The summed E-state index contributed by atoms with van der Waals surface area (Å²) < 4.78 is 6.18. The molecule has 0 spiro atoms. The molecule has 33 heavy (non-hydrogen) atoms. The average molecular weight is 466 g/mol. The number of hydrogen-bond donors (Lipinski definition) is 0. The van der Waals surface area contributed by atoms with Crippen LogP contribution in [0.15, 0.2) is 28.9 Å². The van der Waals surface area contributed by atoms with Crippen molar-refractivity contribution in [2.24, 2.45) is 4.66 Å². The van der Waals surface area contributed by atoms with E-state index in [2.05, 4.69) is 128 Å². The van der Waals surface area contributed by atoms with E-state index in [9.17, 15) is 0 Å². The van der Waals surface area contributed by atoms with Gasteiger partial charge in [0.2, 0.25) is 0 Å². The van der Waals surface area contributed by atoms with E-state index in [1.54, 1.807) is 0 Å². The molecule has 0 aliphatic carbocycles. The molecule has 0 saturated heterocycles. The Balaban J connectivity index is 3.21. The van der Waals surface area contributed by atoms with Gasteiger partial charge >= 0.3 is 6.85 Å². The molecule has 2 aromatic carbocycles. The van der Waals surface area contributed by atoms with Crippen LogP contribution in [0.3, 0.4) is 0 Å². The second kappa shape index (κ2) is 9.07. The van der Waals surface area contributed by atoms with E-state index in [0.29, 0.717) is 0 Å². The molecule has 0 unspecified atom stereocenters. The topological polar surface area (TPSA) is 12.4 Å². The number of aryl methyl sites for hydroxylation is 6. The van der Waals surface area contributed by atoms with Gasteiger partial charge in [-0.1, -0.05) is 120 Å². The standard InChI is InChI=1S/C30H49BNP/c1-20-16-22(3)26(23(4)17-20)31(27-24(5)18-21(2)19-25(27)6)32-33(28(7,8)9,29(10,11)12)30(13,14)15/h16-19H,1-15H3. The molecule has 2 aromatic rings. The molecule has 0 aromatic heterocycles. The molecule has 0 saturated carbocycles. The summed E-state index contributed by atoms with van der Waals surface area (Å²) >= 11 is 0. The van der Waals surface area contributed by atoms with Crippen LogP contribution in [0.5, 0.6) is 0 Å². The molecule has 0 aliphatic rings. The van der Waals surface area contributed by atoms with Crippen LogP contribution in [0.2, 0.25) is 0 Å². The molecule has 0 amide bonds. The lowest BCUT2D eigenvalue weighted by molar-refractivity contribution is 0.630. The van der Waals surface area contributed by atoms with Gasteiger partial charge in [0.1, 0.15) is 0 Å². The van der Waals surface area contributed by atoms with Crippen molar-refractivity contribution < 1.29 is 0 Å². The zero-order valence-electron chi connectivity index (χ0n) is 24.3. The first-order valence-corrected chi connectivity index (χ1v) is 14.3. The predicted octanol–water partition coefficient (Wildman–Crippen LogP) is 8.24. The molecule has 2 rings (SSSR count).